The van der Waals surface area contributed by atoms with Crippen LogP contribution in [0.3, 0.4) is 0 Å². The quantitative estimate of drug-likeness (QED) is 0.885. The Morgan fingerprint density at radius 3 is 2.78 bits per heavy atom. The van der Waals surface area contributed by atoms with Crippen LogP contribution >= 0.6 is 15.9 Å². The van der Waals surface area contributed by atoms with Crippen molar-refractivity contribution in [2.45, 2.75) is 51.6 Å². The molecule has 2 rings (SSSR count). The zero-order chi connectivity index (χ0) is 13.1. The Kier molecular flexibility index (Phi) is 4.68. The number of anilines is 1. The number of nitrogens with zero attached hydrogens (tertiary/aromatic N) is 1. The average molecular weight is 311 g/mol. The maximum atomic E-state index is 5.93. The summed E-state index contributed by atoms with van der Waals surface area (Å²) >= 11 is 3.71. The van der Waals surface area contributed by atoms with Crippen LogP contribution in [0.25, 0.3) is 0 Å². The predicted octanol–water partition coefficient (Wildman–Crippen LogP) is 4.24. The summed E-state index contributed by atoms with van der Waals surface area (Å²) in [6, 6.07) is 7.26. The Hall–Kier alpha value is -0.540. The molecule has 0 radical (unpaired) electrons. The molecule has 2 nitrogen and oxygen atoms in total. The van der Waals surface area contributed by atoms with Crippen LogP contribution < -0.4 is 10.6 Å². The van der Waals surface area contributed by atoms with Gasteiger partial charge in [0.25, 0.3) is 0 Å². The van der Waals surface area contributed by atoms with Crippen LogP contribution in [0.2, 0.25) is 0 Å². The van der Waals surface area contributed by atoms with E-state index in [1.54, 1.807) is 0 Å². The predicted molar refractivity (Wildman–Crippen MR) is 82.0 cm³/mol. The van der Waals surface area contributed by atoms with Gasteiger partial charge in [-0.15, -0.1) is 0 Å². The highest BCUT2D eigenvalue weighted by Gasteiger charge is 2.19. The number of rotatable bonds is 2. The van der Waals surface area contributed by atoms with E-state index in [-0.39, 0.29) is 6.04 Å². The summed E-state index contributed by atoms with van der Waals surface area (Å²) in [5, 5.41) is 0. The molecule has 100 valence electrons. The lowest BCUT2D eigenvalue weighted by Gasteiger charge is -2.30. The summed E-state index contributed by atoms with van der Waals surface area (Å²) < 4.78 is 1.17. The molecule has 0 bridgehead atoms. The highest BCUT2D eigenvalue weighted by Crippen LogP contribution is 2.32. The summed E-state index contributed by atoms with van der Waals surface area (Å²) in [5.74, 6) is 0. The van der Waals surface area contributed by atoms with Crippen molar-refractivity contribution in [3.8, 4) is 0 Å². The van der Waals surface area contributed by atoms with Gasteiger partial charge in [0.1, 0.15) is 0 Å². The second-order valence-electron chi connectivity index (χ2n) is 5.39. The third kappa shape index (κ3) is 3.07. The third-order valence-electron chi connectivity index (χ3n) is 3.86. The molecule has 1 aliphatic heterocycles. The van der Waals surface area contributed by atoms with Gasteiger partial charge in [0.05, 0.1) is 5.69 Å². The standard InChI is InChI=1S/C15H23BrN2/c1-11-6-4-3-5-9-18(11)15-8-7-13(12(2)17)10-14(15)16/h7-8,10-12H,3-6,9,17H2,1-2H3. The molecule has 1 aromatic carbocycles. The van der Waals surface area contributed by atoms with Gasteiger partial charge in [-0.2, -0.15) is 0 Å². The van der Waals surface area contributed by atoms with Gasteiger partial charge in [-0.3, -0.25) is 0 Å². The van der Waals surface area contributed by atoms with Gasteiger partial charge in [-0.25, -0.2) is 0 Å². The van der Waals surface area contributed by atoms with Crippen LogP contribution in [0.5, 0.6) is 0 Å². The van der Waals surface area contributed by atoms with Crippen molar-refractivity contribution >= 4 is 21.6 Å². The van der Waals surface area contributed by atoms with Crippen LogP contribution in [0.4, 0.5) is 5.69 Å². The number of nitrogens with two attached hydrogens (primary N) is 1. The minimum absolute atomic E-state index is 0.0944. The van der Waals surface area contributed by atoms with E-state index < -0.39 is 0 Å². The Morgan fingerprint density at radius 1 is 1.33 bits per heavy atom. The van der Waals surface area contributed by atoms with Crippen molar-refractivity contribution in [1.29, 1.82) is 0 Å². The second kappa shape index (κ2) is 6.07. The van der Waals surface area contributed by atoms with Crippen LogP contribution in [0.15, 0.2) is 22.7 Å². The molecule has 0 aliphatic carbocycles. The fraction of sp³-hybridized carbons (Fsp3) is 0.600. The van der Waals surface area contributed by atoms with E-state index in [1.807, 2.05) is 6.92 Å². The summed E-state index contributed by atoms with van der Waals surface area (Å²) in [5.41, 5.74) is 8.43. The first-order valence-corrected chi connectivity index (χ1v) is 7.70. The molecule has 0 amide bonds. The van der Waals surface area contributed by atoms with E-state index in [1.165, 1.54) is 41.4 Å². The van der Waals surface area contributed by atoms with E-state index in [2.05, 4.69) is 46.0 Å². The zero-order valence-electron chi connectivity index (χ0n) is 11.3. The second-order valence-corrected chi connectivity index (χ2v) is 6.25. The molecule has 1 aliphatic rings. The Balaban J connectivity index is 2.26. The van der Waals surface area contributed by atoms with Crippen molar-refractivity contribution in [1.82, 2.24) is 0 Å². The molecular formula is C15H23BrN2. The van der Waals surface area contributed by atoms with Crippen LogP contribution in [0, 0.1) is 0 Å². The molecule has 1 saturated heterocycles. The van der Waals surface area contributed by atoms with Crippen molar-refractivity contribution in [2.75, 3.05) is 11.4 Å². The Labute approximate surface area is 119 Å². The molecule has 0 saturated carbocycles. The fourth-order valence-electron chi connectivity index (χ4n) is 2.67. The van der Waals surface area contributed by atoms with Crippen LogP contribution in [-0.4, -0.2) is 12.6 Å². The number of halogens is 1. The molecule has 2 unspecified atom stereocenters. The number of hydrogen-bond acceptors (Lipinski definition) is 2. The molecular weight excluding hydrogens is 288 g/mol. The molecule has 18 heavy (non-hydrogen) atoms. The van der Waals surface area contributed by atoms with Gasteiger partial charge >= 0.3 is 0 Å². The van der Waals surface area contributed by atoms with Crippen molar-refractivity contribution < 1.29 is 0 Å². The first-order chi connectivity index (χ1) is 8.59. The average Bonchev–Trinajstić information content (AvgIpc) is 2.54. The van der Waals surface area contributed by atoms with Crippen LogP contribution in [0.1, 0.15) is 51.1 Å². The van der Waals surface area contributed by atoms with E-state index in [9.17, 15) is 0 Å². The largest absolute Gasteiger partial charge is 0.368 e. The van der Waals surface area contributed by atoms with E-state index in [0.29, 0.717) is 6.04 Å². The van der Waals surface area contributed by atoms with Gasteiger partial charge in [-0.1, -0.05) is 18.9 Å². The lowest BCUT2D eigenvalue weighted by atomic mass is 10.1. The van der Waals surface area contributed by atoms with E-state index in [0.717, 1.165) is 6.54 Å². The third-order valence-corrected chi connectivity index (χ3v) is 4.50. The summed E-state index contributed by atoms with van der Waals surface area (Å²) in [6.07, 6.45) is 5.30. The van der Waals surface area contributed by atoms with Crippen molar-refractivity contribution in [2.24, 2.45) is 5.73 Å². The highest BCUT2D eigenvalue weighted by molar-refractivity contribution is 9.10. The first kappa shape index (κ1) is 13.9. The summed E-state index contributed by atoms with van der Waals surface area (Å²) in [7, 11) is 0. The SMILES string of the molecule is CC(N)c1ccc(N2CCCCCC2C)c(Br)c1. The topological polar surface area (TPSA) is 29.3 Å². The minimum atomic E-state index is 0.0944. The first-order valence-electron chi connectivity index (χ1n) is 6.91. The highest BCUT2D eigenvalue weighted by atomic mass is 79.9. The molecule has 1 aromatic rings. The summed E-state index contributed by atoms with van der Waals surface area (Å²) in [4.78, 5) is 2.53. The molecule has 1 fully saturated rings. The molecule has 0 aromatic heterocycles. The zero-order valence-corrected chi connectivity index (χ0v) is 12.9. The fourth-order valence-corrected chi connectivity index (χ4v) is 3.30. The monoisotopic (exact) mass is 310 g/mol. The molecule has 1 heterocycles. The van der Waals surface area contributed by atoms with Crippen molar-refractivity contribution in [3.63, 3.8) is 0 Å². The maximum absolute atomic E-state index is 5.93. The molecule has 3 heteroatoms. The van der Waals surface area contributed by atoms with E-state index >= 15 is 0 Å². The van der Waals surface area contributed by atoms with Gasteiger partial charge in [-0.05, 0) is 60.3 Å². The van der Waals surface area contributed by atoms with Gasteiger partial charge in [0.2, 0.25) is 0 Å². The summed E-state index contributed by atoms with van der Waals surface area (Å²) in [6.45, 7) is 5.52. The Bertz CT molecular complexity index is 403. The van der Waals surface area contributed by atoms with Crippen LogP contribution in [-0.2, 0) is 0 Å². The Morgan fingerprint density at radius 2 is 2.11 bits per heavy atom. The van der Waals surface area contributed by atoms with Crippen molar-refractivity contribution in [3.05, 3.63) is 28.2 Å². The normalized spacial score (nSPS) is 22.7. The maximum Gasteiger partial charge on any atom is 0.0513 e. The smallest absolute Gasteiger partial charge is 0.0513 e. The van der Waals surface area contributed by atoms with Gasteiger partial charge in [0.15, 0.2) is 0 Å². The lowest BCUT2D eigenvalue weighted by Crippen LogP contribution is -2.32. The molecule has 0 spiro atoms. The minimum Gasteiger partial charge on any atom is -0.368 e. The number of hydrogen-bond donors (Lipinski definition) is 1. The lowest BCUT2D eigenvalue weighted by molar-refractivity contribution is 0.615. The molecule has 2 N–H and O–H groups in total. The van der Waals surface area contributed by atoms with Gasteiger partial charge in [0, 0.05) is 23.1 Å². The number of benzene rings is 1. The molecule has 2 atom stereocenters. The van der Waals surface area contributed by atoms with E-state index in [4.69, 9.17) is 5.73 Å². The van der Waals surface area contributed by atoms with Gasteiger partial charge < -0.3 is 10.6 Å².